The van der Waals surface area contributed by atoms with Crippen molar-refractivity contribution >= 4 is 0 Å². The highest BCUT2D eigenvalue weighted by Crippen LogP contribution is 2.18. The summed E-state index contributed by atoms with van der Waals surface area (Å²) in [7, 11) is 0. The van der Waals surface area contributed by atoms with Crippen LogP contribution in [0.5, 0.6) is 0 Å². The quantitative estimate of drug-likeness (QED) is 0.849. The third-order valence-electron chi connectivity index (χ3n) is 4.84. The molecule has 1 aromatic carbocycles. The lowest BCUT2D eigenvalue weighted by atomic mass is 10.0. The Hall–Kier alpha value is -1.72. The van der Waals surface area contributed by atoms with Gasteiger partial charge in [0.25, 0.3) is 0 Å². The molecule has 0 saturated carbocycles. The zero-order valence-corrected chi connectivity index (χ0v) is 14.7. The minimum Gasteiger partial charge on any atom is -0.311 e. The van der Waals surface area contributed by atoms with Crippen LogP contribution in [0.2, 0.25) is 0 Å². The van der Waals surface area contributed by atoms with Gasteiger partial charge in [0.05, 0.1) is 11.9 Å². The third-order valence-corrected chi connectivity index (χ3v) is 4.84. The van der Waals surface area contributed by atoms with E-state index in [4.69, 9.17) is 0 Å². The van der Waals surface area contributed by atoms with Crippen LogP contribution in [0.1, 0.15) is 37.4 Å². The van der Waals surface area contributed by atoms with E-state index >= 15 is 0 Å². The van der Waals surface area contributed by atoms with Crippen molar-refractivity contribution in [2.24, 2.45) is 5.92 Å². The maximum absolute atomic E-state index is 4.09. The molecule has 1 aromatic heterocycles. The number of nitrogens with zero attached hydrogens (tertiary/aromatic N) is 4. The number of aromatic nitrogens is 3. The predicted molar refractivity (Wildman–Crippen MR) is 96.5 cm³/mol. The molecule has 0 aliphatic carbocycles. The fourth-order valence-electron chi connectivity index (χ4n) is 3.55. The van der Waals surface area contributed by atoms with Gasteiger partial charge in [0, 0.05) is 26.2 Å². The van der Waals surface area contributed by atoms with Crippen LogP contribution in [0.15, 0.2) is 36.5 Å². The molecule has 2 heterocycles. The summed E-state index contributed by atoms with van der Waals surface area (Å²) in [6.45, 7) is 8.39. The lowest BCUT2D eigenvalue weighted by Gasteiger charge is -2.24. The molecule has 24 heavy (non-hydrogen) atoms. The molecular weight excluding hydrogens is 298 g/mol. The van der Waals surface area contributed by atoms with E-state index in [9.17, 15) is 0 Å². The molecule has 5 heteroatoms. The number of hydrogen-bond donors (Lipinski definition) is 1. The smallest absolute Gasteiger partial charge is 0.0738 e. The number of benzene rings is 1. The normalized spacial score (nSPS) is 19.3. The fraction of sp³-hybridized carbons (Fsp3) is 0.579. The standard InChI is InChI=1S/C19H29N5/c1-2-24-19(14-21-22-24)13-20-12-18-10-6-7-11-23(16-18)15-17-8-4-3-5-9-17/h3-5,8-9,14,18,20H,2,6-7,10-13,15-16H2,1H3. The zero-order chi connectivity index (χ0) is 16.6. The lowest BCUT2D eigenvalue weighted by molar-refractivity contribution is 0.237. The van der Waals surface area contributed by atoms with Gasteiger partial charge in [0.2, 0.25) is 0 Å². The molecule has 1 atom stereocenters. The van der Waals surface area contributed by atoms with E-state index in [1.807, 2.05) is 10.9 Å². The molecule has 1 saturated heterocycles. The Kier molecular flexibility index (Phi) is 6.38. The topological polar surface area (TPSA) is 46.0 Å². The van der Waals surface area contributed by atoms with Crippen LogP contribution in [0.3, 0.4) is 0 Å². The van der Waals surface area contributed by atoms with Crippen molar-refractivity contribution in [1.82, 2.24) is 25.2 Å². The Labute approximate surface area is 145 Å². The molecule has 1 N–H and O–H groups in total. The number of nitrogens with one attached hydrogen (secondary N) is 1. The number of likely N-dealkylation sites (tertiary alicyclic amines) is 1. The van der Waals surface area contributed by atoms with Gasteiger partial charge in [-0.25, -0.2) is 4.68 Å². The molecule has 1 aliphatic heterocycles. The van der Waals surface area contributed by atoms with Gasteiger partial charge in [-0.15, -0.1) is 5.10 Å². The number of hydrogen-bond acceptors (Lipinski definition) is 4. The van der Waals surface area contributed by atoms with Gasteiger partial charge in [0.15, 0.2) is 0 Å². The molecule has 1 unspecified atom stereocenters. The summed E-state index contributed by atoms with van der Waals surface area (Å²) in [4.78, 5) is 2.62. The fourth-order valence-corrected chi connectivity index (χ4v) is 3.55. The first kappa shape index (κ1) is 17.1. The van der Waals surface area contributed by atoms with E-state index in [0.717, 1.165) is 32.1 Å². The van der Waals surface area contributed by atoms with Crippen molar-refractivity contribution in [3.8, 4) is 0 Å². The highest BCUT2D eigenvalue weighted by atomic mass is 15.4. The van der Waals surface area contributed by atoms with Gasteiger partial charge in [-0.3, -0.25) is 4.90 Å². The second-order valence-electron chi connectivity index (χ2n) is 6.75. The molecule has 1 fully saturated rings. The summed E-state index contributed by atoms with van der Waals surface area (Å²) in [5, 5.41) is 11.7. The molecular formula is C19H29N5. The minimum absolute atomic E-state index is 0.724. The summed E-state index contributed by atoms with van der Waals surface area (Å²) in [6, 6.07) is 10.8. The summed E-state index contributed by atoms with van der Waals surface area (Å²) >= 11 is 0. The van der Waals surface area contributed by atoms with E-state index in [0.29, 0.717) is 0 Å². The first-order valence-electron chi connectivity index (χ1n) is 9.19. The van der Waals surface area contributed by atoms with Crippen molar-refractivity contribution in [2.45, 2.75) is 45.8 Å². The molecule has 0 spiro atoms. The molecule has 130 valence electrons. The van der Waals surface area contributed by atoms with E-state index in [1.54, 1.807) is 0 Å². The van der Waals surface area contributed by atoms with Crippen LogP contribution >= 0.6 is 0 Å². The molecule has 0 bridgehead atoms. The highest BCUT2D eigenvalue weighted by Gasteiger charge is 2.18. The Morgan fingerprint density at radius 3 is 2.92 bits per heavy atom. The first-order valence-corrected chi connectivity index (χ1v) is 9.19. The predicted octanol–water partition coefficient (Wildman–Crippen LogP) is 2.69. The maximum atomic E-state index is 4.09. The monoisotopic (exact) mass is 327 g/mol. The minimum atomic E-state index is 0.724. The number of rotatable bonds is 7. The van der Waals surface area contributed by atoms with Gasteiger partial charge in [-0.2, -0.15) is 0 Å². The Balaban J connectivity index is 1.48. The maximum Gasteiger partial charge on any atom is 0.0738 e. The average molecular weight is 327 g/mol. The molecule has 2 aromatic rings. The van der Waals surface area contributed by atoms with E-state index < -0.39 is 0 Å². The second-order valence-corrected chi connectivity index (χ2v) is 6.75. The average Bonchev–Trinajstić information content (AvgIpc) is 2.95. The van der Waals surface area contributed by atoms with E-state index in [2.05, 4.69) is 57.8 Å². The molecule has 0 radical (unpaired) electrons. The highest BCUT2D eigenvalue weighted by molar-refractivity contribution is 5.14. The van der Waals surface area contributed by atoms with E-state index in [1.165, 1.54) is 43.6 Å². The van der Waals surface area contributed by atoms with Crippen LogP contribution in [-0.4, -0.2) is 39.5 Å². The van der Waals surface area contributed by atoms with Crippen LogP contribution in [-0.2, 0) is 19.6 Å². The van der Waals surface area contributed by atoms with Crippen LogP contribution in [0.25, 0.3) is 0 Å². The summed E-state index contributed by atoms with van der Waals surface area (Å²) < 4.78 is 1.96. The van der Waals surface area contributed by atoms with Gasteiger partial charge in [-0.05, 0) is 44.3 Å². The van der Waals surface area contributed by atoms with Crippen LogP contribution < -0.4 is 5.32 Å². The Bertz CT molecular complexity index is 595. The summed E-state index contributed by atoms with van der Waals surface area (Å²) in [6.07, 6.45) is 5.84. The first-order chi connectivity index (χ1) is 11.8. The largest absolute Gasteiger partial charge is 0.311 e. The number of aryl methyl sites for hydroxylation is 1. The molecule has 3 rings (SSSR count). The van der Waals surface area contributed by atoms with Gasteiger partial charge in [0.1, 0.15) is 0 Å². The Morgan fingerprint density at radius 1 is 1.21 bits per heavy atom. The van der Waals surface area contributed by atoms with Crippen molar-refractivity contribution in [1.29, 1.82) is 0 Å². The lowest BCUT2D eigenvalue weighted by Crippen LogP contribution is -2.33. The molecule has 0 amide bonds. The molecule has 5 nitrogen and oxygen atoms in total. The SMILES string of the molecule is CCn1nncc1CNCC1CCCCN(Cc2ccccc2)C1. The van der Waals surface area contributed by atoms with Gasteiger partial charge >= 0.3 is 0 Å². The van der Waals surface area contributed by atoms with E-state index in [-0.39, 0.29) is 0 Å². The zero-order valence-electron chi connectivity index (χ0n) is 14.7. The van der Waals surface area contributed by atoms with Crippen molar-refractivity contribution in [3.63, 3.8) is 0 Å². The second kappa shape index (κ2) is 8.94. The summed E-state index contributed by atoms with van der Waals surface area (Å²) in [5.41, 5.74) is 2.59. The Morgan fingerprint density at radius 2 is 2.08 bits per heavy atom. The van der Waals surface area contributed by atoms with Crippen molar-refractivity contribution < 1.29 is 0 Å². The van der Waals surface area contributed by atoms with Crippen molar-refractivity contribution in [2.75, 3.05) is 19.6 Å². The van der Waals surface area contributed by atoms with Gasteiger partial charge in [-0.1, -0.05) is 42.0 Å². The van der Waals surface area contributed by atoms with Crippen molar-refractivity contribution in [3.05, 3.63) is 47.8 Å². The third kappa shape index (κ3) is 4.89. The van der Waals surface area contributed by atoms with Crippen LogP contribution in [0.4, 0.5) is 0 Å². The summed E-state index contributed by atoms with van der Waals surface area (Å²) in [5.74, 6) is 0.724. The van der Waals surface area contributed by atoms with Crippen LogP contribution in [0, 0.1) is 5.92 Å². The van der Waals surface area contributed by atoms with Gasteiger partial charge < -0.3 is 5.32 Å². The molecule has 1 aliphatic rings.